The number of fused-ring (bicyclic) bond motifs is 1. The van der Waals surface area contributed by atoms with E-state index in [1.807, 2.05) is 48.5 Å². The number of nitrogens with one attached hydrogen (secondary N) is 2. The van der Waals surface area contributed by atoms with Crippen molar-refractivity contribution >= 4 is 22.7 Å². The van der Waals surface area contributed by atoms with Gasteiger partial charge in [0, 0.05) is 24.0 Å². The van der Waals surface area contributed by atoms with Crippen molar-refractivity contribution in [3.05, 3.63) is 54.1 Å². The molecule has 5 nitrogen and oxygen atoms in total. The van der Waals surface area contributed by atoms with E-state index in [-0.39, 0.29) is 0 Å². The molecule has 124 valence electrons. The van der Waals surface area contributed by atoms with Crippen LogP contribution >= 0.6 is 0 Å². The van der Waals surface area contributed by atoms with Crippen molar-refractivity contribution in [3.63, 3.8) is 0 Å². The minimum Gasteiger partial charge on any atom is -0.496 e. The summed E-state index contributed by atoms with van der Waals surface area (Å²) in [6.45, 7) is 3.62. The van der Waals surface area contributed by atoms with Crippen molar-refractivity contribution in [3.8, 4) is 5.75 Å². The molecule has 0 aliphatic heterocycles. The van der Waals surface area contributed by atoms with Crippen molar-refractivity contribution < 1.29 is 4.74 Å². The Kier molecular flexibility index (Phi) is 5.11. The van der Waals surface area contributed by atoms with Crippen molar-refractivity contribution in [1.82, 2.24) is 9.97 Å². The van der Waals surface area contributed by atoms with Crippen LogP contribution in [0.5, 0.6) is 5.75 Å². The summed E-state index contributed by atoms with van der Waals surface area (Å²) in [6, 6.07) is 16.0. The predicted octanol–water partition coefficient (Wildman–Crippen LogP) is 4.07. The number of ether oxygens (including phenoxy) is 1. The van der Waals surface area contributed by atoms with Gasteiger partial charge in [0.15, 0.2) is 0 Å². The third kappa shape index (κ3) is 3.56. The highest BCUT2D eigenvalue weighted by molar-refractivity contribution is 5.90. The maximum atomic E-state index is 5.39. The fraction of sp³-hybridized carbons (Fsp3) is 0.263. The summed E-state index contributed by atoms with van der Waals surface area (Å²) in [4.78, 5) is 9.25. The lowest BCUT2D eigenvalue weighted by atomic mass is 10.2. The van der Waals surface area contributed by atoms with Crippen LogP contribution in [-0.2, 0) is 6.54 Å². The van der Waals surface area contributed by atoms with Crippen molar-refractivity contribution in [1.29, 1.82) is 0 Å². The van der Waals surface area contributed by atoms with Crippen molar-refractivity contribution in [2.45, 2.75) is 19.9 Å². The molecule has 0 radical (unpaired) electrons. The SMILES string of the molecule is CCCNc1nc(NCc2ccccc2OC)nc2ccccc12. The van der Waals surface area contributed by atoms with Crippen LogP contribution in [0.3, 0.4) is 0 Å². The lowest BCUT2D eigenvalue weighted by Crippen LogP contribution is -2.09. The van der Waals surface area contributed by atoms with E-state index in [1.54, 1.807) is 7.11 Å². The number of methoxy groups -OCH3 is 1. The zero-order valence-electron chi connectivity index (χ0n) is 14.0. The lowest BCUT2D eigenvalue weighted by Gasteiger charge is -2.12. The molecule has 0 spiro atoms. The highest BCUT2D eigenvalue weighted by Crippen LogP contribution is 2.23. The Morgan fingerprint density at radius 2 is 1.75 bits per heavy atom. The second-order valence-corrected chi connectivity index (χ2v) is 5.51. The van der Waals surface area contributed by atoms with E-state index < -0.39 is 0 Å². The zero-order chi connectivity index (χ0) is 16.8. The molecule has 0 saturated heterocycles. The molecule has 2 aromatic carbocycles. The van der Waals surface area contributed by atoms with Gasteiger partial charge in [-0.2, -0.15) is 4.98 Å². The number of benzene rings is 2. The monoisotopic (exact) mass is 322 g/mol. The largest absolute Gasteiger partial charge is 0.496 e. The summed E-state index contributed by atoms with van der Waals surface area (Å²) in [5, 5.41) is 7.72. The molecule has 3 rings (SSSR count). The molecule has 0 aliphatic carbocycles. The highest BCUT2D eigenvalue weighted by Gasteiger charge is 2.08. The molecule has 0 amide bonds. The molecular weight excluding hydrogens is 300 g/mol. The van der Waals surface area contributed by atoms with Gasteiger partial charge >= 0.3 is 0 Å². The van der Waals surface area contributed by atoms with Crippen LogP contribution in [0.4, 0.5) is 11.8 Å². The molecule has 0 aliphatic rings. The number of nitrogens with zero attached hydrogens (tertiary/aromatic N) is 2. The summed E-state index contributed by atoms with van der Waals surface area (Å²) in [5.41, 5.74) is 1.99. The number of hydrogen-bond acceptors (Lipinski definition) is 5. The molecule has 0 unspecified atom stereocenters. The van der Waals surface area contributed by atoms with E-state index in [9.17, 15) is 0 Å². The molecule has 0 fully saturated rings. The van der Waals surface area contributed by atoms with E-state index in [0.717, 1.165) is 41.0 Å². The van der Waals surface area contributed by atoms with Crippen LogP contribution < -0.4 is 15.4 Å². The highest BCUT2D eigenvalue weighted by atomic mass is 16.5. The Balaban J connectivity index is 1.86. The van der Waals surface area contributed by atoms with E-state index in [4.69, 9.17) is 4.74 Å². The van der Waals surface area contributed by atoms with Gasteiger partial charge in [0.05, 0.1) is 12.6 Å². The molecule has 0 atom stereocenters. The molecule has 5 heteroatoms. The minimum absolute atomic E-state index is 0.607. The van der Waals surface area contributed by atoms with Crippen LogP contribution in [0.15, 0.2) is 48.5 Å². The van der Waals surface area contributed by atoms with Crippen LogP contribution in [0, 0.1) is 0 Å². The Hall–Kier alpha value is -2.82. The maximum Gasteiger partial charge on any atom is 0.225 e. The number of aromatic nitrogens is 2. The van der Waals surface area contributed by atoms with Gasteiger partial charge in [0.1, 0.15) is 11.6 Å². The second kappa shape index (κ2) is 7.64. The third-order valence-corrected chi connectivity index (χ3v) is 3.78. The van der Waals surface area contributed by atoms with Crippen LogP contribution in [0.1, 0.15) is 18.9 Å². The molecule has 1 heterocycles. The van der Waals surface area contributed by atoms with Crippen LogP contribution in [0.25, 0.3) is 10.9 Å². The van der Waals surface area contributed by atoms with Crippen molar-refractivity contribution in [2.24, 2.45) is 0 Å². The van der Waals surface area contributed by atoms with Gasteiger partial charge in [-0.3, -0.25) is 0 Å². The van der Waals surface area contributed by atoms with E-state index in [1.165, 1.54) is 0 Å². The molecule has 0 saturated carbocycles. The maximum absolute atomic E-state index is 5.39. The molecule has 0 bridgehead atoms. The van der Waals surface area contributed by atoms with Crippen molar-refractivity contribution in [2.75, 3.05) is 24.3 Å². The van der Waals surface area contributed by atoms with Gasteiger partial charge in [0.2, 0.25) is 5.95 Å². The number of para-hydroxylation sites is 2. The summed E-state index contributed by atoms with van der Waals surface area (Å²) in [7, 11) is 1.68. The van der Waals surface area contributed by atoms with E-state index in [2.05, 4.69) is 27.5 Å². The first-order valence-electron chi connectivity index (χ1n) is 8.18. The summed E-state index contributed by atoms with van der Waals surface area (Å²) in [6.07, 6.45) is 1.04. The summed E-state index contributed by atoms with van der Waals surface area (Å²) < 4.78 is 5.39. The smallest absolute Gasteiger partial charge is 0.225 e. The lowest BCUT2D eigenvalue weighted by molar-refractivity contribution is 0.410. The normalized spacial score (nSPS) is 10.6. The fourth-order valence-electron chi connectivity index (χ4n) is 2.56. The topological polar surface area (TPSA) is 59.1 Å². The average molecular weight is 322 g/mol. The van der Waals surface area contributed by atoms with Gasteiger partial charge in [-0.25, -0.2) is 4.98 Å². The van der Waals surface area contributed by atoms with Gasteiger partial charge in [0.25, 0.3) is 0 Å². The Bertz CT molecular complexity index is 819. The van der Waals surface area contributed by atoms with Crippen LogP contribution in [-0.4, -0.2) is 23.6 Å². The zero-order valence-corrected chi connectivity index (χ0v) is 14.0. The minimum atomic E-state index is 0.607. The van der Waals surface area contributed by atoms with Gasteiger partial charge in [-0.15, -0.1) is 0 Å². The quantitative estimate of drug-likeness (QED) is 0.686. The molecule has 2 N–H and O–H groups in total. The summed E-state index contributed by atoms with van der Waals surface area (Å²) in [5.74, 6) is 2.33. The molecule has 24 heavy (non-hydrogen) atoms. The second-order valence-electron chi connectivity index (χ2n) is 5.51. The summed E-state index contributed by atoms with van der Waals surface area (Å²) >= 11 is 0. The fourth-order valence-corrected chi connectivity index (χ4v) is 2.56. The first kappa shape index (κ1) is 16.1. The average Bonchev–Trinajstić information content (AvgIpc) is 2.64. The van der Waals surface area contributed by atoms with Gasteiger partial charge < -0.3 is 15.4 Å². The molecular formula is C19H22N4O. The Labute approximate surface area is 142 Å². The van der Waals surface area contributed by atoms with E-state index >= 15 is 0 Å². The molecule has 3 aromatic rings. The number of hydrogen-bond donors (Lipinski definition) is 2. The Morgan fingerprint density at radius 1 is 0.958 bits per heavy atom. The molecule has 1 aromatic heterocycles. The standard InChI is InChI=1S/C19H22N4O/c1-3-12-20-18-15-9-5-6-10-16(15)22-19(23-18)21-13-14-8-4-7-11-17(14)24-2/h4-11H,3,12-13H2,1-2H3,(H2,20,21,22,23). The first-order valence-corrected chi connectivity index (χ1v) is 8.18. The van der Waals surface area contributed by atoms with Crippen LogP contribution in [0.2, 0.25) is 0 Å². The third-order valence-electron chi connectivity index (χ3n) is 3.78. The Morgan fingerprint density at radius 3 is 2.58 bits per heavy atom. The number of rotatable bonds is 7. The predicted molar refractivity (Wildman–Crippen MR) is 98.6 cm³/mol. The van der Waals surface area contributed by atoms with E-state index in [0.29, 0.717) is 12.5 Å². The van der Waals surface area contributed by atoms with Gasteiger partial charge in [-0.05, 0) is 24.6 Å². The number of anilines is 2. The van der Waals surface area contributed by atoms with Gasteiger partial charge in [-0.1, -0.05) is 37.3 Å². The first-order chi connectivity index (χ1) is 11.8.